The summed E-state index contributed by atoms with van der Waals surface area (Å²) in [7, 11) is 0. The van der Waals surface area contributed by atoms with Crippen LogP contribution in [0.25, 0.3) is 0 Å². The van der Waals surface area contributed by atoms with E-state index in [-0.39, 0.29) is 11.7 Å². The topological polar surface area (TPSA) is 20.2 Å². The standard InChI is InChI=1S/C16H23FO/c1-11(2)15-6-4-5-7-16(15,18)13-8-12(3)9-14(17)10-13/h8-11,15,18H,4-7H2,1-3H3. The Morgan fingerprint density at radius 3 is 2.61 bits per heavy atom. The van der Waals surface area contributed by atoms with E-state index in [1.54, 1.807) is 0 Å². The average molecular weight is 250 g/mol. The van der Waals surface area contributed by atoms with Gasteiger partial charge < -0.3 is 5.11 Å². The van der Waals surface area contributed by atoms with Crippen LogP contribution in [0.4, 0.5) is 4.39 Å². The molecular weight excluding hydrogens is 227 g/mol. The number of hydrogen-bond donors (Lipinski definition) is 1. The molecule has 2 rings (SSSR count). The third-order valence-electron chi connectivity index (χ3n) is 4.28. The molecule has 1 aromatic carbocycles. The van der Waals surface area contributed by atoms with Gasteiger partial charge in [0.15, 0.2) is 0 Å². The second-order valence-corrected chi connectivity index (χ2v) is 6.04. The monoisotopic (exact) mass is 250 g/mol. The van der Waals surface area contributed by atoms with Gasteiger partial charge in [-0.25, -0.2) is 4.39 Å². The lowest BCUT2D eigenvalue weighted by molar-refractivity contribution is -0.0723. The SMILES string of the molecule is Cc1cc(F)cc(C2(O)CCCCC2C(C)C)c1. The average Bonchev–Trinajstić information content (AvgIpc) is 2.27. The minimum absolute atomic E-state index is 0.229. The minimum atomic E-state index is -0.848. The molecule has 1 fully saturated rings. The number of aryl methyl sites for hydroxylation is 1. The molecule has 1 aliphatic carbocycles. The van der Waals surface area contributed by atoms with Crippen molar-refractivity contribution in [3.63, 3.8) is 0 Å². The molecule has 2 atom stereocenters. The summed E-state index contributed by atoms with van der Waals surface area (Å²) in [6, 6.07) is 4.96. The minimum Gasteiger partial charge on any atom is -0.385 e. The fourth-order valence-corrected chi connectivity index (χ4v) is 3.41. The van der Waals surface area contributed by atoms with Crippen LogP contribution in [-0.4, -0.2) is 5.11 Å². The molecule has 0 heterocycles. The van der Waals surface area contributed by atoms with Gasteiger partial charge in [-0.3, -0.25) is 0 Å². The fourth-order valence-electron chi connectivity index (χ4n) is 3.41. The van der Waals surface area contributed by atoms with Crippen LogP contribution in [0.2, 0.25) is 0 Å². The summed E-state index contributed by atoms with van der Waals surface area (Å²) < 4.78 is 13.6. The molecule has 0 bridgehead atoms. The van der Waals surface area contributed by atoms with Crippen molar-refractivity contribution in [3.8, 4) is 0 Å². The van der Waals surface area contributed by atoms with Crippen molar-refractivity contribution in [1.82, 2.24) is 0 Å². The highest BCUT2D eigenvalue weighted by molar-refractivity contribution is 5.29. The molecular formula is C16H23FO. The molecule has 1 N–H and O–H groups in total. The van der Waals surface area contributed by atoms with Gasteiger partial charge in [-0.15, -0.1) is 0 Å². The molecule has 0 aromatic heterocycles. The summed E-state index contributed by atoms with van der Waals surface area (Å²) in [6.07, 6.45) is 3.97. The molecule has 0 spiro atoms. The summed E-state index contributed by atoms with van der Waals surface area (Å²) in [5, 5.41) is 11.1. The number of aliphatic hydroxyl groups is 1. The van der Waals surface area contributed by atoms with Crippen molar-refractivity contribution in [2.75, 3.05) is 0 Å². The zero-order valence-corrected chi connectivity index (χ0v) is 11.5. The molecule has 1 aliphatic rings. The molecule has 100 valence electrons. The van der Waals surface area contributed by atoms with Gasteiger partial charge in [0.05, 0.1) is 5.60 Å². The lowest BCUT2D eigenvalue weighted by Crippen LogP contribution is -2.40. The predicted octanol–water partition coefficient (Wildman–Crippen LogP) is 4.17. The summed E-state index contributed by atoms with van der Waals surface area (Å²) in [6.45, 7) is 6.17. The second kappa shape index (κ2) is 5.00. The van der Waals surface area contributed by atoms with Crippen molar-refractivity contribution in [2.45, 2.75) is 52.1 Å². The highest BCUT2D eigenvalue weighted by Gasteiger charge is 2.41. The first-order valence-electron chi connectivity index (χ1n) is 6.93. The van der Waals surface area contributed by atoms with Gasteiger partial charge in [-0.1, -0.05) is 32.8 Å². The predicted molar refractivity (Wildman–Crippen MR) is 71.8 cm³/mol. The first-order chi connectivity index (χ1) is 8.43. The van der Waals surface area contributed by atoms with Gasteiger partial charge in [-0.2, -0.15) is 0 Å². The molecule has 1 saturated carbocycles. The van der Waals surface area contributed by atoms with Crippen molar-refractivity contribution < 1.29 is 9.50 Å². The van der Waals surface area contributed by atoms with Crippen molar-refractivity contribution in [3.05, 3.63) is 35.1 Å². The van der Waals surface area contributed by atoms with Crippen LogP contribution in [0.15, 0.2) is 18.2 Å². The Hall–Kier alpha value is -0.890. The molecule has 18 heavy (non-hydrogen) atoms. The fraction of sp³-hybridized carbons (Fsp3) is 0.625. The van der Waals surface area contributed by atoms with Crippen LogP contribution in [0.1, 0.15) is 50.7 Å². The largest absolute Gasteiger partial charge is 0.385 e. The number of hydrogen-bond acceptors (Lipinski definition) is 1. The quantitative estimate of drug-likeness (QED) is 0.835. The maximum absolute atomic E-state index is 13.6. The van der Waals surface area contributed by atoms with E-state index in [4.69, 9.17) is 0 Å². The number of rotatable bonds is 2. The van der Waals surface area contributed by atoms with Gasteiger partial charge in [0.25, 0.3) is 0 Å². The van der Waals surface area contributed by atoms with Gasteiger partial charge in [-0.05, 0) is 54.9 Å². The van der Waals surface area contributed by atoms with Crippen LogP contribution >= 0.6 is 0 Å². The van der Waals surface area contributed by atoms with E-state index in [0.29, 0.717) is 5.92 Å². The van der Waals surface area contributed by atoms with Gasteiger partial charge in [0, 0.05) is 0 Å². The Kier molecular flexibility index (Phi) is 3.76. The molecule has 0 saturated heterocycles. The number of benzene rings is 1. The highest BCUT2D eigenvalue weighted by Crippen LogP contribution is 2.45. The van der Waals surface area contributed by atoms with Crippen LogP contribution in [0, 0.1) is 24.6 Å². The van der Waals surface area contributed by atoms with Gasteiger partial charge in [0.2, 0.25) is 0 Å². The summed E-state index contributed by atoms with van der Waals surface area (Å²) >= 11 is 0. The van der Waals surface area contributed by atoms with E-state index in [9.17, 15) is 9.50 Å². The van der Waals surface area contributed by atoms with E-state index in [1.165, 1.54) is 18.6 Å². The molecule has 2 unspecified atom stereocenters. The third kappa shape index (κ3) is 2.44. The molecule has 1 aromatic rings. The van der Waals surface area contributed by atoms with E-state index in [1.807, 2.05) is 13.0 Å². The van der Waals surface area contributed by atoms with E-state index >= 15 is 0 Å². The lowest BCUT2D eigenvalue weighted by atomic mass is 9.67. The maximum atomic E-state index is 13.6. The Labute approximate surface area is 109 Å². The van der Waals surface area contributed by atoms with E-state index in [2.05, 4.69) is 13.8 Å². The van der Waals surface area contributed by atoms with Crippen LogP contribution in [-0.2, 0) is 5.60 Å². The summed E-state index contributed by atoms with van der Waals surface area (Å²) in [4.78, 5) is 0. The van der Waals surface area contributed by atoms with Crippen molar-refractivity contribution in [2.24, 2.45) is 11.8 Å². The summed E-state index contributed by atoms with van der Waals surface area (Å²) in [5.41, 5.74) is 0.795. The maximum Gasteiger partial charge on any atom is 0.123 e. The summed E-state index contributed by atoms with van der Waals surface area (Å²) in [5.74, 6) is 0.401. The molecule has 0 aliphatic heterocycles. The van der Waals surface area contributed by atoms with Crippen molar-refractivity contribution in [1.29, 1.82) is 0 Å². The van der Waals surface area contributed by atoms with Gasteiger partial charge >= 0.3 is 0 Å². The van der Waals surface area contributed by atoms with E-state index in [0.717, 1.165) is 30.4 Å². The first kappa shape index (κ1) is 13.5. The highest BCUT2D eigenvalue weighted by atomic mass is 19.1. The number of halogens is 1. The van der Waals surface area contributed by atoms with Crippen LogP contribution < -0.4 is 0 Å². The molecule has 2 heteroatoms. The smallest absolute Gasteiger partial charge is 0.123 e. The Bertz CT molecular complexity index is 407. The molecule has 0 radical (unpaired) electrons. The normalized spacial score (nSPS) is 28.7. The molecule has 0 amide bonds. The first-order valence-corrected chi connectivity index (χ1v) is 6.93. The van der Waals surface area contributed by atoms with Gasteiger partial charge in [0.1, 0.15) is 5.82 Å². The second-order valence-electron chi connectivity index (χ2n) is 6.04. The Morgan fingerprint density at radius 2 is 2.00 bits per heavy atom. The lowest BCUT2D eigenvalue weighted by Gasteiger charge is -2.43. The Morgan fingerprint density at radius 1 is 1.28 bits per heavy atom. The van der Waals surface area contributed by atoms with Crippen molar-refractivity contribution >= 4 is 0 Å². The Balaban J connectivity index is 2.43. The van der Waals surface area contributed by atoms with E-state index < -0.39 is 5.60 Å². The third-order valence-corrected chi connectivity index (χ3v) is 4.28. The van der Waals surface area contributed by atoms with Crippen LogP contribution in [0.5, 0.6) is 0 Å². The zero-order chi connectivity index (χ0) is 13.3. The van der Waals surface area contributed by atoms with Crippen LogP contribution in [0.3, 0.4) is 0 Å². The zero-order valence-electron chi connectivity index (χ0n) is 11.5. The molecule has 1 nitrogen and oxygen atoms in total.